The summed E-state index contributed by atoms with van der Waals surface area (Å²) in [7, 11) is 0. The largest absolute Gasteiger partial charge is 0.366 e. The number of aromatic nitrogens is 1. The van der Waals surface area contributed by atoms with Crippen molar-refractivity contribution < 1.29 is 0 Å². The van der Waals surface area contributed by atoms with E-state index in [-0.39, 0.29) is 0 Å². The number of nitrogens with one attached hydrogen (secondary N) is 1. The Morgan fingerprint density at radius 3 is 1.88 bits per heavy atom. The zero-order valence-corrected chi connectivity index (χ0v) is 15.6. The van der Waals surface area contributed by atoms with Gasteiger partial charge in [0.1, 0.15) is 0 Å². The maximum Gasteiger partial charge on any atom is 0.0891 e. The smallest absolute Gasteiger partial charge is 0.0891 e. The fourth-order valence-electron chi connectivity index (χ4n) is 3.61. The van der Waals surface area contributed by atoms with Crippen LogP contribution in [0.15, 0.2) is 71.3 Å². The number of aromatic amines is 1. The van der Waals surface area contributed by atoms with Gasteiger partial charge in [0.2, 0.25) is 0 Å². The van der Waals surface area contributed by atoms with Gasteiger partial charge >= 0.3 is 0 Å². The molecular formula is C21H21BrN3. The first kappa shape index (κ1) is 16.4. The summed E-state index contributed by atoms with van der Waals surface area (Å²) in [5.74, 6) is 0. The van der Waals surface area contributed by atoms with Crippen molar-refractivity contribution in [2.75, 3.05) is 31.1 Å². The van der Waals surface area contributed by atoms with Gasteiger partial charge in [-0.05, 0) is 27.1 Å². The maximum atomic E-state index is 3.60. The third-order valence-corrected chi connectivity index (χ3v) is 5.45. The van der Waals surface area contributed by atoms with E-state index in [9.17, 15) is 0 Å². The highest BCUT2D eigenvalue weighted by atomic mass is 79.9. The van der Waals surface area contributed by atoms with Crippen LogP contribution in [0.25, 0.3) is 0 Å². The average molecular weight is 395 g/mol. The Kier molecular flexibility index (Phi) is 4.90. The SMILES string of the molecule is Brc1c[nH][c]c1N1CCN(C(c2ccccc2)c2ccccc2)CC1. The van der Waals surface area contributed by atoms with Crippen molar-refractivity contribution >= 4 is 21.6 Å². The lowest BCUT2D eigenvalue weighted by atomic mass is 9.96. The highest BCUT2D eigenvalue weighted by Crippen LogP contribution is 2.31. The van der Waals surface area contributed by atoms with Crippen molar-refractivity contribution in [3.63, 3.8) is 0 Å². The summed E-state index contributed by atoms with van der Waals surface area (Å²) < 4.78 is 1.09. The van der Waals surface area contributed by atoms with E-state index < -0.39 is 0 Å². The number of piperazine rings is 1. The molecule has 127 valence electrons. The molecular weight excluding hydrogens is 374 g/mol. The van der Waals surface area contributed by atoms with Crippen LogP contribution >= 0.6 is 15.9 Å². The van der Waals surface area contributed by atoms with Gasteiger partial charge in [0, 0.05) is 32.4 Å². The number of nitrogens with zero attached hydrogens (tertiary/aromatic N) is 2. The minimum atomic E-state index is 0.309. The Morgan fingerprint density at radius 1 is 0.840 bits per heavy atom. The Labute approximate surface area is 157 Å². The molecule has 1 radical (unpaired) electrons. The Morgan fingerprint density at radius 2 is 1.40 bits per heavy atom. The van der Waals surface area contributed by atoms with Gasteiger partial charge in [0.25, 0.3) is 0 Å². The molecule has 0 aliphatic carbocycles. The van der Waals surface area contributed by atoms with Crippen molar-refractivity contribution in [3.8, 4) is 0 Å². The van der Waals surface area contributed by atoms with Crippen LogP contribution in [-0.4, -0.2) is 36.1 Å². The van der Waals surface area contributed by atoms with Gasteiger partial charge in [-0.25, -0.2) is 0 Å². The number of rotatable bonds is 4. The van der Waals surface area contributed by atoms with Crippen molar-refractivity contribution in [3.05, 3.63) is 88.7 Å². The molecule has 1 N–H and O–H groups in total. The van der Waals surface area contributed by atoms with Crippen LogP contribution < -0.4 is 4.90 Å². The second-order valence-electron chi connectivity index (χ2n) is 6.36. The second-order valence-corrected chi connectivity index (χ2v) is 7.21. The van der Waals surface area contributed by atoms with E-state index in [1.807, 2.05) is 6.20 Å². The maximum absolute atomic E-state index is 3.60. The Balaban J connectivity index is 1.56. The van der Waals surface area contributed by atoms with Crippen LogP contribution in [0.3, 0.4) is 0 Å². The molecule has 1 saturated heterocycles. The Bertz CT molecular complexity index is 753. The number of anilines is 1. The molecule has 4 rings (SSSR count). The monoisotopic (exact) mass is 394 g/mol. The van der Waals surface area contributed by atoms with Crippen LogP contribution in [0, 0.1) is 6.20 Å². The topological polar surface area (TPSA) is 22.3 Å². The molecule has 2 heterocycles. The molecule has 0 saturated carbocycles. The predicted molar refractivity (Wildman–Crippen MR) is 106 cm³/mol. The molecule has 25 heavy (non-hydrogen) atoms. The third-order valence-electron chi connectivity index (χ3n) is 4.84. The molecule has 0 spiro atoms. The summed E-state index contributed by atoms with van der Waals surface area (Å²) in [6, 6.07) is 22.0. The molecule has 0 atom stereocenters. The van der Waals surface area contributed by atoms with Crippen LogP contribution in [0.2, 0.25) is 0 Å². The van der Waals surface area contributed by atoms with Gasteiger partial charge in [0.05, 0.1) is 22.4 Å². The molecule has 2 aromatic carbocycles. The van der Waals surface area contributed by atoms with Gasteiger partial charge in [-0.2, -0.15) is 0 Å². The van der Waals surface area contributed by atoms with E-state index in [1.54, 1.807) is 0 Å². The number of halogens is 1. The fourth-order valence-corrected chi connectivity index (χ4v) is 4.08. The minimum Gasteiger partial charge on any atom is -0.366 e. The summed E-state index contributed by atoms with van der Waals surface area (Å²) in [5.41, 5.74) is 3.85. The summed E-state index contributed by atoms with van der Waals surface area (Å²) in [6.07, 6.45) is 5.16. The normalized spacial score (nSPS) is 15.7. The van der Waals surface area contributed by atoms with E-state index in [2.05, 4.69) is 97.6 Å². The minimum absolute atomic E-state index is 0.309. The number of H-pyrrole nitrogens is 1. The molecule has 0 amide bonds. The van der Waals surface area contributed by atoms with E-state index in [0.29, 0.717) is 6.04 Å². The predicted octanol–water partition coefficient (Wildman–Crippen LogP) is 4.49. The van der Waals surface area contributed by atoms with Crippen LogP contribution in [0.1, 0.15) is 17.2 Å². The van der Waals surface area contributed by atoms with Crippen molar-refractivity contribution in [1.82, 2.24) is 9.88 Å². The highest BCUT2D eigenvalue weighted by molar-refractivity contribution is 9.10. The lowest BCUT2D eigenvalue weighted by Crippen LogP contribution is -2.48. The van der Waals surface area contributed by atoms with E-state index in [1.165, 1.54) is 11.1 Å². The quantitative estimate of drug-likeness (QED) is 0.703. The summed E-state index contributed by atoms with van der Waals surface area (Å²) >= 11 is 3.60. The molecule has 1 aromatic heterocycles. The molecule has 1 aliphatic heterocycles. The lowest BCUT2D eigenvalue weighted by Gasteiger charge is -2.40. The van der Waals surface area contributed by atoms with E-state index >= 15 is 0 Å². The summed E-state index contributed by atoms with van der Waals surface area (Å²) in [5, 5.41) is 0. The first-order valence-electron chi connectivity index (χ1n) is 8.66. The van der Waals surface area contributed by atoms with Gasteiger partial charge in [-0.1, -0.05) is 60.7 Å². The molecule has 3 aromatic rings. The van der Waals surface area contributed by atoms with Gasteiger partial charge in [-0.15, -0.1) is 0 Å². The molecule has 1 fully saturated rings. The van der Waals surface area contributed by atoms with Gasteiger partial charge in [0.15, 0.2) is 0 Å². The van der Waals surface area contributed by atoms with Crippen molar-refractivity contribution in [2.24, 2.45) is 0 Å². The summed E-state index contributed by atoms with van der Waals surface area (Å²) in [6.45, 7) is 4.06. The van der Waals surface area contributed by atoms with E-state index in [0.717, 1.165) is 36.3 Å². The lowest BCUT2D eigenvalue weighted by molar-refractivity contribution is 0.212. The molecule has 3 nitrogen and oxygen atoms in total. The molecule has 0 bridgehead atoms. The third kappa shape index (κ3) is 3.51. The zero-order valence-electron chi connectivity index (χ0n) is 14.0. The number of benzene rings is 2. The molecule has 0 unspecified atom stereocenters. The first-order valence-corrected chi connectivity index (χ1v) is 9.45. The standard InChI is InChI=1S/C21H21BrN3/c22-19-15-23-16-20(19)24-11-13-25(14-12-24)21(17-7-3-1-4-8-17)18-9-5-2-6-10-18/h1-10,15,21,23H,11-14H2. The van der Waals surface area contributed by atoms with Gasteiger partial charge < -0.3 is 9.88 Å². The Hall–Kier alpha value is -2.04. The van der Waals surface area contributed by atoms with Gasteiger partial charge in [-0.3, -0.25) is 4.90 Å². The van der Waals surface area contributed by atoms with Crippen LogP contribution in [0.5, 0.6) is 0 Å². The second kappa shape index (κ2) is 7.46. The number of hydrogen-bond acceptors (Lipinski definition) is 2. The van der Waals surface area contributed by atoms with Crippen molar-refractivity contribution in [2.45, 2.75) is 6.04 Å². The van der Waals surface area contributed by atoms with Crippen LogP contribution in [-0.2, 0) is 0 Å². The van der Waals surface area contributed by atoms with E-state index in [4.69, 9.17) is 0 Å². The summed E-state index contributed by atoms with van der Waals surface area (Å²) in [4.78, 5) is 8.03. The highest BCUT2D eigenvalue weighted by Gasteiger charge is 2.27. The molecule has 4 heteroatoms. The zero-order chi connectivity index (χ0) is 17.1. The van der Waals surface area contributed by atoms with Crippen molar-refractivity contribution in [1.29, 1.82) is 0 Å². The van der Waals surface area contributed by atoms with Crippen LogP contribution in [0.4, 0.5) is 5.69 Å². The average Bonchev–Trinajstić information content (AvgIpc) is 3.10. The fraction of sp³-hybridized carbons (Fsp3) is 0.238. The molecule has 1 aliphatic rings. The first-order chi connectivity index (χ1) is 12.3. The number of hydrogen-bond donors (Lipinski definition) is 1.